The smallest absolute Gasteiger partial charge is 0.377 e. The largest absolute Gasteiger partial charge is 0.500 e. The fraction of sp³-hybridized carbons (Fsp3) is 0.750. The first-order valence-corrected chi connectivity index (χ1v) is 12.6. The minimum atomic E-state index is -4.67. The van der Waals surface area contributed by atoms with E-state index in [1.54, 1.807) is 33.9 Å². The maximum absolute atomic E-state index is 10.8. The van der Waals surface area contributed by atoms with Gasteiger partial charge in [0.25, 0.3) is 10.1 Å². The maximum Gasteiger partial charge on any atom is 0.500 e. The Hall–Kier alpha value is -0.913. The molecule has 27 heavy (non-hydrogen) atoms. The Labute approximate surface area is 160 Å². The van der Waals surface area contributed by atoms with Gasteiger partial charge in [-0.2, -0.15) is 16.8 Å². The van der Waals surface area contributed by atoms with Crippen molar-refractivity contribution in [3.63, 3.8) is 0 Å². The van der Waals surface area contributed by atoms with Gasteiger partial charge in [-0.15, -0.1) is 0 Å². The molecule has 0 aromatic carbocycles. The molecule has 1 aromatic rings. The summed E-state index contributed by atoms with van der Waals surface area (Å²) in [6, 6.07) is 0.641. The standard InChI is InChI=1S/C12H24N2O6SSi.H2O4S/c1-18-22(19-2,20-3)10-6-12(14-8-7-13-11-14)5-4-9-21(15,16)17;1-5(2,3)4/h7-8,11-12H,4-6,9-10H2,1-3H3,(H,15,16,17);(H2,1,2,3,4). The van der Waals surface area contributed by atoms with E-state index in [9.17, 15) is 8.42 Å². The van der Waals surface area contributed by atoms with Gasteiger partial charge in [-0.1, -0.05) is 0 Å². The number of nitrogens with zero attached hydrogens (tertiary/aromatic N) is 2. The fourth-order valence-corrected chi connectivity index (χ4v) is 4.66. The molecule has 0 fully saturated rings. The molecule has 15 heteroatoms. The summed E-state index contributed by atoms with van der Waals surface area (Å²) < 4.78 is 80.2. The molecule has 1 rings (SSSR count). The molecule has 0 aliphatic carbocycles. The van der Waals surface area contributed by atoms with Gasteiger partial charge in [-0.3, -0.25) is 13.7 Å². The predicted octanol–water partition coefficient (Wildman–Crippen LogP) is 0.708. The lowest BCUT2D eigenvalue weighted by atomic mass is 10.1. The first-order valence-electron chi connectivity index (χ1n) is 7.63. The zero-order valence-corrected chi connectivity index (χ0v) is 17.9. The minimum Gasteiger partial charge on any atom is -0.377 e. The number of hydrogen-bond acceptors (Lipinski definition) is 8. The number of aromatic nitrogens is 2. The minimum absolute atomic E-state index is 0.0385. The first-order chi connectivity index (χ1) is 12.4. The van der Waals surface area contributed by atoms with Crippen LogP contribution in [0.3, 0.4) is 0 Å². The number of imidazole rings is 1. The monoisotopic (exact) mass is 450 g/mol. The van der Waals surface area contributed by atoms with Crippen LogP contribution in [0.15, 0.2) is 18.7 Å². The van der Waals surface area contributed by atoms with Crippen LogP contribution in [0.1, 0.15) is 25.3 Å². The lowest BCUT2D eigenvalue weighted by Crippen LogP contribution is -2.43. The molecule has 0 radical (unpaired) electrons. The normalized spacial score (nSPS) is 13.7. The van der Waals surface area contributed by atoms with Crippen LogP contribution in [0.4, 0.5) is 0 Å². The molecular formula is C12H26N2O10S2Si. The molecule has 0 aliphatic heterocycles. The second-order valence-corrected chi connectivity index (χ2v) is 10.9. The summed E-state index contributed by atoms with van der Waals surface area (Å²) in [5.41, 5.74) is 0. The summed E-state index contributed by atoms with van der Waals surface area (Å²) in [6.07, 6.45) is 6.84. The van der Waals surface area contributed by atoms with Crippen LogP contribution in [0.5, 0.6) is 0 Å². The molecule has 0 spiro atoms. The van der Waals surface area contributed by atoms with Crippen molar-refractivity contribution in [2.24, 2.45) is 0 Å². The average Bonchev–Trinajstić information content (AvgIpc) is 3.06. The van der Waals surface area contributed by atoms with E-state index in [0.29, 0.717) is 25.3 Å². The molecule has 0 saturated heterocycles. The van der Waals surface area contributed by atoms with Gasteiger partial charge < -0.3 is 17.8 Å². The third-order valence-electron chi connectivity index (χ3n) is 3.60. The molecular weight excluding hydrogens is 424 g/mol. The van der Waals surface area contributed by atoms with Gasteiger partial charge >= 0.3 is 19.2 Å². The van der Waals surface area contributed by atoms with Gasteiger partial charge in [-0.25, -0.2) is 4.98 Å². The second-order valence-electron chi connectivity index (χ2n) is 5.37. The van der Waals surface area contributed by atoms with Crippen molar-refractivity contribution in [2.45, 2.75) is 31.3 Å². The summed E-state index contributed by atoms with van der Waals surface area (Å²) in [5.74, 6) is -0.250. The van der Waals surface area contributed by atoms with Crippen molar-refractivity contribution in [1.82, 2.24) is 9.55 Å². The highest BCUT2D eigenvalue weighted by atomic mass is 32.3. The van der Waals surface area contributed by atoms with Crippen molar-refractivity contribution in [3.05, 3.63) is 18.7 Å². The quantitative estimate of drug-likeness (QED) is 0.320. The van der Waals surface area contributed by atoms with Crippen LogP contribution in [-0.2, 0) is 33.8 Å². The zero-order chi connectivity index (χ0) is 21.1. The SMILES string of the molecule is CO[Si](CCC(CCCS(=O)(=O)O)n1ccnc1)(OC)OC.O=S(=O)(O)O. The van der Waals surface area contributed by atoms with E-state index in [4.69, 9.17) is 35.4 Å². The van der Waals surface area contributed by atoms with Gasteiger partial charge in [0.2, 0.25) is 0 Å². The van der Waals surface area contributed by atoms with Gasteiger partial charge in [0.05, 0.1) is 12.1 Å². The predicted molar refractivity (Wildman–Crippen MR) is 97.3 cm³/mol. The van der Waals surface area contributed by atoms with Crippen molar-refractivity contribution in [1.29, 1.82) is 0 Å². The van der Waals surface area contributed by atoms with E-state index in [1.165, 1.54) is 0 Å². The Balaban J connectivity index is 0.00000119. The lowest BCUT2D eigenvalue weighted by molar-refractivity contribution is 0.121. The molecule has 0 saturated carbocycles. The maximum atomic E-state index is 10.8. The van der Waals surface area contributed by atoms with Crippen LogP contribution >= 0.6 is 0 Å². The average molecular weight is 451 g/mol. The molecule has 160 valence electrons. The van der Waals surface area contributed by atoms with Crippen LogP contribution in [0.2, 0.25) is 6.04 Å². The fourth-order valence-electron chi connectivity index (χ4n) is 2.33. The molecule has 0 aliphatic rings. The highest BCUT2D eigenvalue weighted by Gasteiger charge is 2.38. The van der Waals surface area contributed by atoms with E-state index in [-0.39, 0.29) is 11.8 Å². The van der Waals surface area contributed by atoms with Crippen molar-refractivity contribution < 1.29 is 43.8 Å². The lowest BCUT2D eigenvalue weighted by Gasteiger charge is -2.27. The van der Waals surface area contributed by atoms with Crippen LogP contribution in [-0.4, -0.2) is 75.9 Å². The highest BCUT2D eigenvalue weighted by Crippen LogP contribution is 2.25. The van der Waals surface area contributed by atoms with Crippen molar-refractivity contribution in [3.8, 4) is 0 Å². The summed E-state index contributed by atoms with van der Waals surface area (Å²) >= 11 is 0. The highest BCUT2D eigenvalue weighted by molar-refractivity contribution is 7.85. The Morgan fingerprint density at radius 3 is 1.93 bits per heavy atom. The van der Waals surface area contributed by atoms with Crippen LogP contribution < -0.4 is 0 Å². The van der Waals surface area contributed by atoms with Gasteiger partial charge in [0.1, 0.15) is 0 Å². The molecule has 12 nitrogen and oxygen atoms in total. The molecule has 1 heterocycles. The van der Waals surface area contributed by atoms with Crippen molar-refractivity contribution in [2.75, 3.05) is 27.1 Å². The summed E-state index contributed by atoms with van der Waals surface area (Å²) in [7, 11) is -6.59. The summed E-state index contributed by atoms with van der Waals surface area (Å²) in [6.45, 7) is 0. The Bertz CT molecular complexity index is 703. The van der Waals surface area contributed by atoms with Crippen molar-refractivity contribution >= 4 is 29.3 Å². The summed E-state index contributed by atoms with van der Waals surface area (Å²) in [4.78, 5) is 4.02. The van der Waals surface area contributed by atoms with E-state index >= 15 is 0 Å². The van der Waals surface area contributed by atoms with Gasteiger partial charge in [0, 0.05) is 45.8 Å². The van der Waals surface area contributed by atoms with Gasteiger partial charge in [0.15, 0.2) is 0 Å². The molecule has 1 atom stereocenters. The molecule has 0 bridgehead atoms. The molecule has 1 aromatic heterocycles. The summed E-state index contributed by atoms with van der Waals surface area (Å²) in [5, 5.41) is 0. The molecule has 0 amide bonds. The number of rotatable bonds is 11. The second kappa shape index (κ2) is 11.8. The Morgan fingerprint density at radius 2 is 1.56 bits per heavy atom. The number of hydrogen-bond donors (Lipinski definition) is 3. The first kappa shape index (κ1) is 26.1. The van der Waals surface area contributed by atoms with E-state index in [0.717, 1.165) is 0 Å². The van der Waals surface area contributed by atoms with E-state index < -0.39 is 29.3 Å². The molecule has 1 unspecified atom stereocenters. The van der Waals surface area contributed by atoms with Crippen LogP contribution in [0.25, 0.3) is 0 Å². The molecule has 3 N–H and O–H groups in total. The Morgan fingerprint density at radius 1 is 1.04 bits per heavy atom. The van der Waals surface area contributed by atoms with E-state index in [1.807, 2.05) is 10.8 Å². The third-order valence-corrected chi connectivity index (χ3v) is 7.17. The zero-order valence-electron chi connectivity index (χ0n) is 15.3. The topological polar surface area (TPSA) is 174 Å². The Kier molecular flexibility index (Phi) is 11.4. The van der Waals surface area contributed by atoms with Crippen LogP contribution in [0, 0.1) is 0 Å². The van der Waals surface area contributed by atoms with Gasteiger partial charge in [-0.05, 0) is 19.3 Å². The van der Waals surface area contributed by atoms with E-state index in [2.05, 4.69) is 4.98 Å². The third kappa shape index (κ3) is 13.0.